The van der Waals surface area contributed by atoms with Gasteiger partial charge >= 0.3 is 41.8 Å². The number of esters is 4. The molecule has 0 aliphatic rings. The quantitative estimate of drug-likeness (QED) is 0.00987. The summed E-state index contributed by atoms with van der Waals surface area (Å²) in [5, 5.41) is 87.4. The first kappa shape index (κ1) is 83.7. The number of nitrogen functional groups attached to an aromatic ring is 1. The number of carboxylic acid groups (broad SMARTS) is 3. The van der Waals surface area contributed by atoms with Crippen LogP contribution in [-0.2, 0) is 63.8 Å². The average Bonchev–Trinajstić information content (AvgIpc) is 1.67. The molecule has 0 unspecified atom stereocenters. The van der Waals surface area contributed by atoms with E-state index >= 15 is 0 Å². The van der Waals surface area contributed by atoms with E-state index in [1.807, 2.05) is 102 Å². The molecule has 7 aromatic rings. The fourth-order valence-electron chi connectivity index (χ4n) is 6.13. The molecule has 31 heteroatoms. The van der Waals surface area contributed by atoms with E-state index in [0.29, 0.717) is 26.0 Å². The lowest BCUT2D eigenvalue weighted by Gasteiger charge is -2.01. The normalized spacial score (nSPS) is 9.21. The first-order chi connectivity index (χ1) is 45.2. The highest BCUT2D eigenvalue weighted by Gasteiger charge is 2.09. The summed E-state index contributed by atoms with van der Waals surface area (Å²) in [5.41, 5.74) is 10.5. The molecule has 0 bridgehead atoms. The van der Waals surface area contributed by atoms with E-state index in [1.165, 1.54) is 12.1 Å². The van der Waals surface area contributed by atoms with Crippen LogP contribution in [0.25, 0.3) is 0 Å². The molecule has 0 heterocycles. The number of anilines is 1. The number of halogens is 4. The third kappa shape index (κ3) is 40.0. The topological polar surface area (TPSA) is 386 Å². The Kier molecular flexibility index (Phi) is 46.4. The van der Waals surface area contributed by atoms with Crippen LogP contribution < -0.4 is 5.73 Å². The van der Waals surface area contributed by atoms with Gasteiger partial charge in [-0.1, -0.05) is 71.7 Å². The number of ether oxygens (including phenoxy) is 4. The summed E-state index contributed by atoms with van der Waals surface area (Å²) < 4.78 is 19.5. The summed E-state index contributed by atoms with van der Waals surface area (Å²) in [5.74, 6) is -4.02. The van der Waals surface area contributed by atoms with E-state index < -0.39 is 23.9 Å². The number of alkyl halides is 4. The minimum Gasteiger partial charge on any atom is -0.481 e. The monoisotopic (exact) mass is 1640 g/mol. The zero-order valence-electron chi connectivity index (χ0n) is 48.4. The second-order valence-electron chi connectivity index (χ2n) is 16.5. The van der Waals surface area contributed by atoms with E-state index in [1.54, 1.807) is 133 Å². The number of aromatic carboxylic acids is 1. The van der Waals surface area contributed by atoms with Gasteiger partial charge in [0.2, 0.25) is 0 Å². The van der Waals surface area contributed by atoms with Gasteiger partial charge in [-0.15, -0.1) is 0 Å². The van der Waals surface area contributed by atoms with Crippen molar-refractivity contribution in [1.82, 2.24) is 0 Å². The first-order valence-corrected chi connectivity index (χ1v) is 34.6. The number of thioether (sulfide) groups is 6. The lowest BCUT2D eigenvalue weighted by molar-refractivity contribution is -0.141. The number of thiocyanates is 6. The molecule has 0 fully saturated rings. The molecule has 0 amide bonds. The van der Waals surface area contributed by atoms with Gasteiger partial charge in [0.05, 0.1) is 42.4 Å². The SMILES string of the molecule is N#CSc1ccc(C(=O)O)cc1.N#CSc1ccc(C(=O)OCCl)cc1.N#CSc1ccc(C(=O)OCI)cc1.N#CSc1ccc(CC(=O)O)cc1.N#CSc1ccc(CC(=O)OCCl)cc1.N#CSc1ccc(CC(=O)OCI)cc1.Nc1ccc(CC(=O)O)cc1. The number of hydrogen-bond acceptors (Lipinski definition) is 24. The van der Waals surface area contributed by atoms with Gasteiger partial charge < -0.3 is 40.0 Å². The fraction of sp³-hybridized carbons (Fsp3) is 0.127. The third-order valence-electron chi connectivity index (χ3n) is 10.2. The molecule has 0 saturated carbocycles. The fourth-order valence-corrected chi connectivity index (χ4v) is 9.25. The van der Waals surface area contributed by atoms with E-state index in [-0.39, 0.29) is 61.3 Å². The maximum atomic E-state index is 11.2. The van der Waals surface area contributed by atoms with Gasteiger partial charge in [-0.25, -0.2) is 14.4 Å². The minimum atomic E-state index is -0.955. The number of nitrogens with zero attached hydrogens (tertiary/aromatic N) is 6. The molecule has 0 aliphatic heterocycles. The Morgan fingerprint density at radius 1 is 0.362 bits per heavy atom. The third-order valence-corrected chi connectivity index (χ3v) is 14.7. The largest absolute Gasteiger partial charge is 0.481 e. The molecular formula is C63H49Cl2I2N7O14S6. The maximum absolute atomic E-state index is 11.2. The predicted octanol–water partition coefficient (Wildman–Crippen LogP) is 15.4. The van der Waals surface area contributed by atoms with Crippen molar-refractivity contribution in [2.24, 2.45) is 0 Å². The Balaban J connectivity index is 0.000000549. The van der Waals surface area contributed by atoms with Crippen molar-refractivity contribution in [1.29, 1.82) is 31.6 Å². The van der Waals surface area contributed by atoms with Crippen LogP contribution in [0.2, 0.25) is 0 Å². The molecule has 7 rings (SSSR count). The van der Waals surface area contributed by atoms with E-state index in [2.05, 4.69) is 9.47 Å². The van der Waals surface area contributed by atoms with Crippen molar-refractivity contribution in [2.45, 2.75) is 55.1 Å². The number of carboxylic acids is 3. The molecule has 21 nitrogen and oxygen atoms in total. The smallest absolute Gasteiger partial charge is 0.339 e. The Morgan fingerprint density at radius 2 is 0.606 bits per heavy atom. The Labute approximate surface area is 603 Å². The van der Waals surface area contributed by atoms with Crippen LogP contribution in [0.3, 0.4) is 0 Å². The molecule has 0 radical (unpaired) electrons. The average molecular weight is 1650 g/mol. The molecule has 0 aliphatic carbocycles. The predicted molar refractivity (Wildman–Crippen MR) is 378 cm³/mol. The van der Waals surface area contributed by atoms with E-state index in [9.17, 15) is 33.6 Å². The number of nitriles is 6. The number of nitrogens with two attached hydrogens (primary N) is 1. The first-order valence-electron chi connectivity index (χ1n) is 25.5. The highest BCUT2D eigenvalue weighted by Crippen LogP contribution is 2.22. The van der Waals surface area contributed by atoms with Gasteiger partial charge in [-0.05, 0) is 259 Å². The molecule has 7 aromatic carbocycles. The van der Waals surface area contributed by atoms with Gasteiger partial charge in [0.25, 0.3) is 0 Å². The molecule has 0 atom stereocenters. The Hall–Kier alpha value is -8.29. The van der Waals surface area contributed by atoms with Crippen molar-refractivity contribution < 1.29 is 67.8 Å². The van der Waals surface area contributed by atoms with Crippen LogP contribution in [0.15, 0.2) is 199 Å². The summed E-state index contributed by atoms with van der Waals surface area (Å²) in [6.45, 7) is 0. The number of carbonyl (C=O) groups excluding carboxylic acids is 4. The molecule has 0 spiro atoms. The highest BCUT2D eigenvalue weighted by atomic mass is 127. The van der Waals surface area contributed by atoms with Gasteiger partial charge in [-0.3, -0.25) is 19.2 Å². The highest BCUT2D eigenvalue weighted by molar-refractivity contribution is 14.1. The van der Waals surface area contributed by atoms with Crippen LogP contribution in [0.5, 0.6) is 0 Å². The minimum absolute atomic E-state index is 0.0253. The lowest BCUT2D eigenvalue weighted by Crippen LogP contribution is -2.06. The van der Waals surface area contributed by atoms with Gasteiger partial charge in [0, 0.05) is 35.1 Å². The number of rotatable bonds is 21. The standard InChI is InChI=1S/C10H8ClNO2S.C10H8INO2S.C9H6ClNO2S.C9H6INO2S.C9H7NO2S.C8H5NO2S.C8H9NO2/c2*11-6-14-10(13)5-8-1-3-9(4-2-8)15-7-12;2*10-5-13-9(12)7-1-3-8(4-2-7)14-6-11;10-6-13-8-3-1-7(2-4-8)5-9(11)12;9-5-12-7-3-1-6(2-4-7)8(10)11;9-7-3-1-6(2-4-7)5-8(10)11/h2*1-4H,5-6H2;2*1-4H,5H2;1-4H,5H2,(H,11,12);1-4H,(H,10,11);1-4H,5,9H2,(H,10,11). The van der Waals surface area contributed by atoms with Crippen molar-refractivity contribution >= 4 is 186 Å². The second-order valence-corrected chi connectivity index (χ2v) is 23.4. The summed E-state index contributed by atoms with van der Waals surface area (Å²) >= 11 is 20.8. The van der Waals surface area contributed by atoms with E-state index in [0.717, 1.165) is 122 Å². The van der Waals surface area contributed by atoms with E-state index in [4.69, 9.17) is 85.3 Å². The van der Waals surface area contributed by atoms with Gasteiger partial charge in [-0.2, -0.15) is 31.6 Å². The summed E-state index contributed by atoms with van der Waals surface area (Å²) in [7, 11) is 0. The van der Waals surface area contributed by atoms with Crippen molar-refractivity contribution in [2.75, 3.05) is 27.1 Å². The van der Waals surface area contributed by atoms with Crippen molar-refractivity contribution in [3.63, 3.8) is 0 Å². The van der Waals surface area contributed by atoms with Crippen LogP contribution in [0, 0.1) is 64.0 Å². The van der Waals surface area contributed by atoms with Crippen LogP contribution in [0.1, 0.15) is 53.3 Å². The second kappa shape index (κ2) is 52.1. The van der Waals surface area contributed by atoms with Crippen molar-refractivity contribution in [3.05, 3.63) is 209 Å². The molecule has 0 aromatic heterocycles. The zero-order chi connectivity index (χ0) is 69.9. The van der Waals surface area contributed by atoms with Gasteiger partial charge in [0.1, 0.15) is 41.6 Å². The van der Waals surface area contributed by atoms with Crippen molar-refractivity contribution in [3.8, 4) is 32.4 Å². The van der Waals surface area contributed by atoms with Crippen LogP contribution >= 0.6 is 139 Å². The number of carbonyl (C=O) groups is 7. The molecule has 484 valence electrons. The lowest BCUT2D eigenvalue weighted by atomic mass is 10.1. The molecular weight excluding hydrogens is 1600 g/mol. The Bertz CT molecular complexity index is 3630. The zero-order valence-corrected chi connectivity index (χ0v) is 59.1. The van der Waals surface area contributed by atoms with Crippen LogP contribution in [0.4, 0.5) is 5.69 Å². The summed E-state index contributed by atoms with van der Waals surface area (Å²) in [4.78, 5) is 80.4. The molecule has 5 N–H and O–H groups in total. The number of hydrogen-bond donors (Lipinski definition) is 4. The number of benzene rings is 7. The number of aliphatic carboxylic acids is 2. The van der Waals surface area contributed by atoms with Crippen LogP contribution in [-0.4, -0.2) is 78.5 Å². The molecule has 0 saturated heterocycles. The summed E-state index contributed by atoms with van der Waals surface area (Å²) in [6.07, 6.45) is 0.558. The van der Waals surface area contributed by atoms with Gasteiger partial charge in [0.15, 0.2) is 12.1 Å². The summed E-state index contributed by atoms with van der Waals surface area (Å²) in [6, 6.07) is 47.3. The molecule has 94 heavy (non-hydrogen) atoms. The maximum Gasteiger partial charge on any atom is 0.339 e. The Morgan fingerprint density at radius 3 is 0.862 bits per heavy atom.